The summed E-state index contributed by atoms with van der Waals surface area (Å²) in [6, 6.07) is 0.390. The van der Waals surface area contributed by atoms with E-state index in [0.717, 1.165) is 18.9 Å². The number of hydrogen-bond donors (Lipinski definition) is 2. The van der Waals surface area contributed by atoms with Crippen LogP contribution in [0.25, 0.3) is 0 Å². The maximum Gasteiger partial charge on any atom is 0.188 e. The topological polar surface area (TPSA) is 53.1 Å². The Kier molecular flexibility index (Phi) is 2.15. The molecular weight excluding hydrogens is 222 g/mol. The first-order valence-corrected chi connectivity index (χ1v) is 6.31. The lowest BCUT2D eigenvalue weighted by Crippen LogP contribution is -2.55. The van der Waals surface area contributed by atoms with Crippen molar-refractivity contribution in [2.24, 2.45) is 0 Å². The van der Waals surface area contributed by atoms with Crippen molar-refractivity contribution in [1.82, 2.24) is 24.9 Å². The minimum atomic E-state index is -0.272. The molecule has 2 unspecified atom stereocenters. The van der Waals surface area contributed by atoms with E-state index in [1.807, 2.05) is 0 Å². The van der Waals surface area contributed by atoms with Gasteiger partial charge in [0.05, 0.1) is 0 Å². The van der Waals surface area contributed by atoms with Crippen LogP contribution < -0.4 is 10.6 Å². The first-order chi connectivity index (χ1) is 7.72. The molecule has 3 heterocycles. The van der Waals surface area contributed by atoms with E-state index >= 15 is 0 Å². The highest BCUT2D eigenvalue weighted by atomic mass is 32.1. The number of aromatic nitrogens is 2. The summed E-state index contributed by atoms with van der Waals surface area (Å²) < 4.78 is 4.36. The van der Waals surface area contributed by atoms with Crippen molar-refractivity contribution in [3.05, 3.63) is 23.2 Å². The Morgan fingerprint density at radius 3 is 3.25 bits per heavy atom. The summed E-state index contributed by atoms with van der Waals surface area (Å²) in [5.41, 5.74) is 2.81. The van der Waals surface area contributed by atoms with Gasteiger partial charge < -0.3 is 15.5 Å². The van der Waals surface area contributed by atoms with Gasteiger partial charge in [0.15, 0.2) is 11.5 Å². The van der Waals surface area contributed by atoms with E-state index in [2.05, 4.69) is 44.9 Å². The van der Waals surface area contributed by atoms with Crippen LogP contribution in [0.3, 0.4) is 0 Å². The molecule has 1 fully saturated rings. The summed E-state index contributed by atoms with van der Waals surface area (Å²) in [6.07, 6.45) is 2.08. The molecule has 2 atom stereocenters. The standard InChI is InChI=1S/C10H15N5S/c1-7-8-5-13-10(2,9-12-6-16-14-9)15(8)4-3-11-7/h5-7,11,13H,3-4H2,1-2H3. The van der Waals surface area contributed by atoms with Gasteiger partial charge in [-0.1, -0.05) is 0 Å². The third-order valence-corrected chi connectivity index (χ3v) is 3.86. The first-order valence-electron chi connectivity index (χ1n) is 5.47. The molecular formula is C10H15N5S. The Hall–Kier alpha value is -1.14. The van der Waals surface area contributed by atoms with Crippen molar-refractivity contribution in [3.8, 4) is 0 Å². The van der Waals surface area contributed by atoms with Crippen LogP contribution in [0.15, 0.2) is 17.4 Å². The summed E-state index contributed by atoms with van der Waals surface area (Å²) in [6.45, 7) is 6.30. The Morgan fingerprint density at radius 1 is 1.62 bits per heavy atom. The number of piperazine rings is 1. The summed E-state index contributed by atoms with van der Waals surface area (Å²) in [5.74, 6) is 0.859. The zero-order valence-corrected chi connectivity index (χ0v) is 10.2. The zero-order valence-electron chi connectivity index (χ0n) is 9.40. The van der Waals surface area contributed by atoms with Crippen LogP contribution in [0, 0.1) is 0 Å². The molecule has 16 heavy (non-hydrogen) atoms. The van der Waals surface area contributed by atoms with Crippen molar-refractivity contribution < 1.29 is 0 Å². The number of rotatable bonds is 1. The highest BCUT2D eigenvalue weighted by Gasteiger charge is 2.44. The average Bonchev–Trinajstić information content (AvgIpc) is 2.88. The molecule has 2 aliphatic heterocycles. The molecule has 3 rings (SSSR count). The average molecular weight is 237 g/mol. The highest BCUT2D eigenvalue weighted by Crippen LogP contribution is 2.34. The van der Waals surface area contributed by atoms with E-state index in [9.17, 15) is 0 Å². The Morgan fingerprint density at radius 2 is 2.50 bits per heavy atom. The van der Waals surface area contributed by atoms with Gasteiger partial charge in [-0.05, 0) is 25.4 Å². The van der Waals surface area contributed by atoms with Gasteiger partial charge in [0.25, 0.3) is 0 Å². The molecule has 0 radical (unpaired) electrons. The van der Waals surface area contributed by atoms with E-state index in [-0.39, 0.29) is 5.66 Å². The van der Waals surface area contributed by atoms with E-state index in [4.69, 9.17) is 0 Å². The van der Waals surface area contributed by atoms with Crippen LogP contribution in [-0.4, -0.2) is 33.4 Å². The molecule has 1 aromatic rings. The van der Waals surface area contributed by atoms with Gasteiger partial charge in [-0.2, -0.15) is 4.37 Å². The van der Waals surface area contributed by atoms with Crippen LogP contribution in [0.1, 0.15) is 19.7 Å². The summed E-state index contributed by atoms with van der Waals surface area (Å²) in [5, 5.41) is 6.86. The molecule has 0 amide bonds. The van der Waals surface area contributed by atoms with E-state index in [1.165, 1.54) is 17.2 Å². The maximum absolute atomic E-state index is 4.36. The largest absolute Gasteiger partial charge is 0.361 e. The van der Waals surface area contributed by atoms with Gasteiger partial charge >= 0.3 is 0 Å². The number of hydrogen-bond acceptors (Lipinski definition) is 6. The minimum absolute atomic E-state index is 0.272. The summed E-state index contributed by atoms with van der Waals surface area (Å²) >= 11 is 1.40. The van der Waals surface area contributed by atoms with Crippen LogP contribution in [0.2, 0.25) is 0 Å². The lowest BCUT2D eigenvalue weighted by atomic mass is 10.1. The van der Waals surface area contributed by atoms with E-state index < -0.39 is 0 Å². The van der Waals surface area contributed by atoms with E-state index in [0.29, 0.717) is 6.04 Å². The molecule has 5 nitrogen and oxygen atoms in total. The molecule has 0 spiro atoms. The van der Waals surface area contributed by atoms with Crippen molar-refractivity contribution in [2.45, 2.75) is 25.6 Å². The summed E-state index contributed by atoms with van der Waals surface area (Å²) in [7, 11) is 0. The van der Waals surface area contributed by atoms with Crippen LogP contribution in [0.5, 0.6) is 0 Å². The normalized spacial score (nSPS) is 33.2. The summed E-state index contributed by atoms with van der Waals surface area (Å²) in [4.78, 5) is 6.69. The molecule has 0 bridgehead atoms. The Balaban J connectivity index is 1.96. The predicted octanol–water partition coefficient (Wildman–Crippen LogP) is 0.449. The molecule has 6 heteroatoms. The molecule has 1 aromatic heterocycles. The zero-order chi connectivity index (χ0) is 11.2. The van der Waals surface area contributed by atoms with Crippen molar-refractivity contribution >= 4 is 11.5 Å². The van der Waals surface area contributed by atoms with Gasteiger partial charge in [0.2, 0.25) is 0 Å². The third-order valence-electron chi connectivity index (χ3n) is 3.38. The Labute approximate surface area is 98.7 Å². The van der Waals surface area contributed by atoms with Crippen LogP contribution >= 0.6 is 11.5 Å². The van der Waals surface area contributed by atoms with Crippen molar-refractivity contribution in [2.75, 3.05) is 13.1 Å². The van der Waals surface area contributed by atoms with Gasteiger partial charge in [-0.15, -0.1) is 0 Å². The quantitative estimate of drug-likeness (QED) is 0.743. The van der Waals surface area contributed by atoms with Gasteiger partial charge in [-0.25, -0.2) is 4.98 Å². The fourth-order valence-electron chi connectivity index (χ4n) is 2.41. The van der Waals surface area contributed by atoms with Gasteiger partial charge in [0, 0.05) is 31.0 Å². The second kappa shape index (κ2) is 3.43. The number of nitrogens with zero attached hydrogens (tertiary/aromatic N) is 3. The molecule has 2 N–H and O–H groups in total. The van der Waals surface area contributed by atoms with Gasteiger partial charge in [0.1, 0.15) is 5.51 Å². The fourth-order valence-corrected chi connectivity index (χ4v) is 2.93. The molecule has 86 valence electrons. The van der Waals surface area contributed by atoms with Gasteiger partial charge in [-0.3, -0.25) is 0 Å². The lowest BCUT2D eigenvalue weighted by Gasteiger charge is -2.41. The molecule has 2 aliphatic rings. The van der Waals surface area contributed by atoms with Crippen LogP contribution in [0.4, 0.5) is 0 Å². The number of nitrogens with one attached hydrogen (secondary N) is 2. The molecule has 0 saturated carbocycles. The van der Waals surface area contributed by atoms with Crippen molar-refractivity contribution in [1.29, 1.82) is 0 Å². The minimum Gasteiger partial charge on any atom is -0.361 e. The maximum atomic E-state index is 4.36. The highest BCUT2D eigenvalue weighted by molar-refractivity contribution is 7.03. The number of fused-ring (bicyclic) bond motifs is 1. The van der Waals surface area contributed by atoms with Crippen LogP contribution in [-0.2, 0) is 5.66 Å². The van der Waals surface area contributed by atoms with E-state index in [1.54, 1.807) is 5.51 Å². The first kappa shape index (κ1) is 10.0. The molecule has 1 saturated heterocycles. The second-order valence-electron chi connectivity index (χ2n) is 4.37. The second-order valence-corrected chi connectivity index (χ2v) is 4.97. The van der Waals surface area contributed by atoms with Crippen molar-refractivity contribution in [3.63, 3.8) is 0 Å². The smallest absolute Gasteiger partial charge is 0.188 e. The fraction of sp³-hybridized carbons (Fsp3) is 0.600. The molecule has 0 aliphatic carbocycles. The molecule has 0 aromatic carbocycles. The SMILES string of the molecule is CC1NCCN2C1=CNC2(C)c1ncsn1. The lowest BCUT2D eigenvalue weighted by molar-refractivity contribution is 0.115. The Bertz CT molecular complexity index is 415. The third kappa shape index (κ3) is 1.26. The monoisotopic (exact) mass is 237 g/mol. The predicted molar refractivity (Wildman–Crippen MR) is 62.7 cm³/mol.